The van der Waals surface area contributed by atoms with Crippen LogP contribution in [0.4, 0.5) is 0 Å². The molecule has 1 aromatic heterocycles. The predicted molar refractivity (Wildman–Crippen MR) is 90.2 cm³/mol. The van der Waals surface area contributed by atoms with Crippen LogP contribution in [0.25, 0.3) is 6.08 Å². The van der Waals surface area contributed by atoms with Crippen LogP contribution in [-0.4, -0.2) is 21.8 Å². The maximum Gasteiger partial charge on any atom is 0.115 e. The number of nitrogens with zero attached hydrogens (tertiary/aromatic N) is 2. The van der Waals surface area contributed by atoms with Crippen LogP contribution in [0.1, 0.15) is 37.3 Å². The van der Waals surface area contributed by atoms with Crippen molar-refractivity contribution < 1.29 is 5.11 Å². The van der Waals surface area contributed by atoms with Gasteiger partial charge in [0, 0.05) is 24.0 Å². The van der Waals surface area contributed by atoms with Crippen LogP contribution in [0, 0.1) is 0 Å². The van der Waals surface area contributed by atoms with Gasteiger partial charge in [0.05, 0.1) is 5.71 Å². The van der Waals surface area contributed by atoms with Crippen LogP contribution in [0.3, 0.4) is 0 Å². The van der Waals surface area contributed by atoms with Crippen LogP contribution in [-0.2, 0) is 0 Å². The zero-order valence-corrected chi connectivity index (χ0v) is 12.7. The molecule has 0 saturated heterocycles. The van der Waals surface area contributed by atoms with Gasteiger partial charge in [-0.05, 0) is 67.7 Å². The van der Waals surface area contributed by atoms with E-state index in [1.165, 1.54) is 5.57 Å². The first kappa shape index (κ1) is 14.5. The maximum atomic E-state index is 9.42. The highest BCUT2D eigenvalue weighted by atomic mass is 16.3. The summed E-state index contributed by atoms with van der Waals surface area (Å²) in [7, 11) is 0. The molecule has 1 aromatic carbocycles. The van der Waals surface area contributed by atoms with E-state index in [2.05, 4.69) is 24.1 Å². The molecule has 1 N–H and O–H groups in total. The van der Waals surface area contributed by atoms with E-state index >= 15 is 0 Å². The lowest BCUT2D eigenvalue weighted by atomic mass is 9.97. The predicted octanol–water partition coefficient (Wildman–Crippen LogP) is 4.23. The molecule has 2 heterocycles. The molecular formula is C19H20N2O. The van der Waals surface area contributed by atoms with Crippen molar-refractivity contribution >= 4 is 11.8 Å². The SMILES string of the molecule is C[C@@H]1CCC/C(=C\c2ccc(O)cc2)C(c2cccnc2)=N1. The van der Waals surface area contributed by atoms with Crippen LogP contribution in [0.2, 0.25) is 0 Å². The molecule has 0 radical (unpaired) electrons. The Hall–Kier alpha value is -2.42. The quantitative estimate of drug-likeness (QED) is 0.900. The van der Waals surface area contributed by atoms with Gasteiger partial charge in [-0.15, -0.1) is 0 Å². The Morgan fingerprint density at radius 3 is 2.73 bits per heavy atom. The molecule has 1 atom stereocenters. The first-order chi connectivity index (χ1) is 10.7. The van der Waals surface area contributed by atoms with E-state index in [0.29, 0.717) is 6.04 Å². The van der Waals surface area contributed by atoms with Gasteiger partial charge in [0.25, 0.3) is 0 Å². The highest BCUT2D eigenvalue weighted by molar-refractivity contribution is 6.15. The Kier molecular flexibility index (Phi) is 4.33. The Bertz CT molecular complexity index is 687. The molecule has 22 heavy (non-hydrogen) atoms. The van der Waals surface area contributed by atoms with Gasteiger partial charge in [0.15, 0.2) is 0 Å². The highest BCUT2D eigenvalue weighted by Crippen LogP contribution is 2.24. The number of allylic oxidation sites excluding steroid dienone is 1. The highest BCUT2D eigenvalue weighted by Gasteiger charge is 2.16. The Balaban J connectivity index is 2.02. The van der Waals surface area contributed by atoms with Gasteiger partial charge in [-0.2, -0.15) is 0 Å². The van der Waals surface area contributed by atoms with Gasteiger partial charge in [-0.3, -0.25) is 9.98 Å². The number of benzene rings is 1. The molecule has 1 aliphatic heterocycles. The third kappa shape index (κ3) is 3.42. The van der Waals surface area contributed by atoms with Crippen molar-refractivity contribution in [3.8, 4) is 5.75 Å². The molecule has 0 saturated carbocycles. The molecule has 0 aliphatic carbocycles. The monoisotopic (exact) mass is 292 g/mol. The fourth-order valence-corrected chi connectivity index (χ4v) is 2.75. The number of aromatic hydroxyl groups is 1. The lowest BCUT2D eigenvalue weighted by molar-refractivity contribution is 0.475. The molecule has 0 fully saturated rings. The van der Waals surface area contributed by atoms with E-state index in [1.807, 2.05) is 24.4 Å². The van der Waals surface area contributed by atoms with Crippen molar-refractivity contribution in [3.63, 3.8) is 0 Å². The van der Waals surface area contributed by atoms with E-state index in [4.69, 9.17) is 4.99 Å². The van der Waals surface area contributed by atoms with E-state index in [0.717, 1.165) is 36.1 Å². The summed E-state index contributed by atoms with van der Waals surface area (Å²) < 4.78 is 0. The van der Waals surface area contributed by atoms with Crippen LogP contribution >= 0.6 is 0 Å². The van der Waals surface area contributed by atoms with Gasteiger partial charge < -0.3 is 5.11 Å². The third-order valence-electron chi connectivity index (χ3n) is 3.89. The van der Waals surface area contributed by atoms with Gasteiger partial charge in [-0.1, -0.05) is 12.1 Å². The smallest absolute Gasteiger partial charge is 0.115 e. The summed E-state index contributed by atoms with van der Waals surface area (Å²) in [5.41, 5.74) is 4.44. The van der Waals surface area contributed by atoms with Crippen molar-refractivity contribution in [1.29, 1.82) is 0 Å². The Morgan fingerprint density at radius 1 is 1.18 bits per heavy atom. The van der Waals surface area contributed by atoms with Crippen LogP contribution < -0.4 is 0 Å². The number of phenols is 1. The van der Waals surface area contributed by atoms with Crippen LogP contribution in [0.5, 0.6) is 5.75 Å². The molecule has 0 spiro atoms. The van der Waals surface area contributed by atoms with E-state index < -0.39 is 0 Å². The molecule has 112 valence electrons. The Labute approximate surface area is 131 Å². The van der Waals surface area contributed by atoms with Gasteiger partial charge in [-0.25, -0.2) is 0 Å². The fourth-order valence-electron chi connectivity index (χ4n) is 2.75. The van der Waals surface area contributed by atoms with Crippen molar-refractivity contribution in [2.45, 2.75) is 32.2 Å². The first-order valence-corrected chi connectivity index (χ1v) is 7.70. The van der Waals surface area contributed by atoms with Gasteiger partial charge >= 0.3 is 0 Å². The van der Waals surface area contributed by atoms with Gasteiger partial charge in [0.2, 0.25) is 0 Å². The van der Waals surface area contributed by atoms with Crippen LogP contribution in [0.15, 0.2) is 59.4 Å². The summed E-state index contributed by atoms with van der Waals surface area (Å²) in [6, 6.07) is 11.6. The maximum absolute atomic E-state index is 9.42. The summed E-state index contributed by atoms with van der Waals surface area (Å²) >= 11 is 0. The zero-order valence-electron chi connectivity index (χ0n) is 12.7. The molecule has 0 bridgehead atoms. The average Bonchev–Trinajstić information content (AvgIpc) is 2.72. The molecular weight excluding hydrogens is 272 g/mol. The van der Waals surface area contributed by atoms with E-state index in [-0.39, 0.29) is 5.75 Å². The zero-order chi connectivity index (χ0) is 15.4. The number of rotatable bonds is 2. The second-order valence-electron chi connectivity index (χ2n) is 5.72. The van der Waals surface area contributed by atoms with Crippen molar-refractivity contribution in [2.24, 2.45) is 4.99 Å². The normalized spacial score (nSPS) is 20.5. The number of hydrogen-bond acceptors (Lipinski definition) is 3. The third-order valence-corrected chi connectivity index (χ3v) is 3.89. The minimum atomic E-state index is 0.290. The van der Waals surface area contributed by atoms with Crippen molar-refractivity contribution in [2.75, 3.05) is 0 Å². The number of pyridine rings is 1. The summed E-state index contributed by atoms with van der Waals surface area (Å²) in [5, 5.41) is 9.42. The summed E-state index contributed by atoms with van der Waals surface area (Å²) in [4.78, 5) is 9.13. The molecule has 3 nitrogen and oxygen atoms in total. The summed E-state index contributed by atoms with van der Waals surface area (Å²) in [6.45, 7) is 2.17. The number of hydrogen-bond donors (Lipinski definition) is 1. The van der Waals surface area contributed by atoms with E-state index in [9.17, 15) is 5.11 Å². The lowest BCUT2D eigenvalue weighted by Gasteiger charge is -2.10. The summed E-state index contributed by atoms with van der Waals surface area (Å²) in [6.07, 6.45) is 9.09. The molecule has 0 unspecified atom stereocenters. The number of aromatic nitrogens is 1. The van der Waals surface area contributed by atoms with Gasteiger partial charge in [0.1, 0.15) is 5.75 Å². The molecule has 3 heteroatoms. The number of aliphatic imine (C=N–C) groups is 1. The Morgan fingerprint density at radius 2 is 2.00 bits per heavy atom. The first-order valence-electron chi connectivity index (χ1n) is 7.70. The summed E-state index contributed by atoms with van der Waals surface area (Å²) in [5.74, 6) is 0.290. The van der Waals surface area contributed by atoms with Crippen molar-refractivity contribution in [1.82, 2.24) is 4.98 Å². The average molecular weight is 292 g/mol. The molecule has 3 rings (SSSR count). The molecule has 2 aromatic rings. The van der Waals surface area contributed by atoms with Crippen molar-refractivity contribution in [3.05, 3.63) is 65.5 Å². The largest absolute Gasteiger partial charge is 0.508 e. The molecule has 1 aliphatic rings. The lowest BCUT2D eigenvalue weighted by Crippen LogP contribution is -2.07. The standard InChI is InChI=1S/C19H20N2O/c1-14-4-2-5-16(12-15-7-9-18(22)10-8-15)19(21-14)17-6-3-11-20-13-17/h3,6-14,22H,2,4-5H2,1H3/b16-12+/t14-/m1/s1. The second kappa shape index (κ2) is 6.56. The number of phenolic OH excluding ortho intramolecular Hbond substituents is 1. The minimum Gasteiger partial charge on any atom is -0.508 e. The second-order valence-corrected chi connectivity index (χ2v) is 5.72. The van der Waals surface area contributed by atoms with E-state index in [1.54, 1.807) is 18.3 Å². The topological polar surface area (TPSA) is 45.5 Å². The minimum absolute atomic E-state index is 0.290. The fraction of sp³-hybridized carbons (Fsp3) is 0.263. The molecule has 0 amide bonds.